The van der Waals surface area contributed by atoms with Crippen molar-refractivity contribution in [3.8, 4) is 6.07 Å². The van der Waals surface area contributed by atoms with Crippen molar-refractivity contribution in [1.29, 1.82) is 5.26 Å². The SMILES string of the molecule is CN(C)/C=C/c1c(C#N)c(=O)n(C)c(=O)n1C. The molecular weight excluding hydrogens is 220 g/mol. The molecule has 0 fully saturated rings. The van der Waals surface area contributed by atoms with Crippen LogP contribution in [0.4, 0.5) is 0 Å². The van der Waals surface area contributed by atoms with Crippen LogP contribution in [0, 0.1) is 11.3 Å². The quantitative estimate of drug-likeness (QED) is 0.691. The largest absolute Gasteiger partial charge is 0.383 e. The Balaban J connectivity index is 3.67. The Bertz CT molecular complexity index is 614. The Hall–Kier alpha value is -2.29. The second-order valence-corrected chi connectivity index (χ2v) is 3.86. The molecule has 17 heavy (non-hydrogen) atoms. The highest BCUT2D eigenvalue weighted by atomic mass is 16.2. The summed E-state index contributed by atoms with van der Waals surface area (Å²) in [5, 5.41) is 8.98. The van der Waals surface area contributed by atoms with E-state index in [1.165, 1.54) is 18.7 Å². The standard InChI is InChI=1S/C11H14N4O2/c1-13(2)6-5-9-8(7-12)10(16)15(4)11(17)14(9)3/h5-6H,1-4H3/b6-5+. The average molecular weight is 234 g/mol. The van der Waals surface area contributed by atoms with Crippen LogP contribution in [0.3, 0.4) is 0 Å². The lowest BCUT2D eigenvalue weighted by molar-refractivity contribution is 0.566. The van der Waals surface area contributed by atoms with E-state index in [4.69, 9.17) is 5.26 Å². The van der Waals surface area contributed by atoms with Crippen molar-refractivity contribution in [2.75, 3.05) is 14.1 Å². The summed E-state index contributed by atoms with van der Waals surface area (Å²) in [7, 11) is 6.49. The summed E-state index contributed by atoms with van der Waals surface area (Å²) >= 11 is 0. The van der Waals surface area contributed by atoms with E-state index in [1.54, 1.807) is 17.2 Å². The maximum absolute atomic E-state index is 11.7. The second-order valence-electron chi connectivity index (χ2n) is 3.86. The molecule has 90 valence electrons. The van der Waals surface area contributed by atoms with E-state index in [2.05, 4.69) is 0 Å². The molecule has 6 heteroatoms. The molecule has 1 aromatic rings. The first kappa shape index (κ1) is 12.8. The van der Waals surface area contributed by atoms with Gasteiger partial charge in [-0.2, -0.15) is 5.26 Å². The van der Waals surface area contributed by atoms with Crippen LogP contribution in [0.25, 0.3) is 6.08 Å². The third kappa shape index (κ3) is 2.28. The Morgan fingerprint density at radius 3 is 2.29 bits per heavy atom. The third-order valence-electron chi connectivity index (χ3n) is 2.35. The van der Waals surface area contributed by atoms with Crippen molar-refractivity contribution in [3.63, 3.8) is 0 Å². The highest BCUT2D eigenvalue weighted by Gasteiger charge is 2.12. The minimum Gasteiger partial charge on any atom is -0.383 e. The Morgan fingerprint density at radius 2 is 1.82 bits per heavy atom. The van der Waals surface area contributed by atoms with Crippen LogP contribution in [-0.4, -0.2) is 28.1 Å². The topological polar surface area (TPSA) is 71.0 Å². The fourth-order valence-electron chi connectivity index (χ4n) is 1.38. The smallest absolute Gasteiger partial charge is 0.330 e. The summed E-state index contributed by atoms with van der Waals surface area (Å²) in [5.41, 5.74) is -0.747. The van der Waals surface area contributed by atoms with Gasteiger partial charge < -0.3 is 4.90 Å². The van der Waals surface area contributed by atoms with Gasteiger partial charge in [0.05, 0.1) is 5.69 Å². The van der Waals surface area contributed by atoms with E-state index in [0.29, 0.717) is 5.69 Å². The Kier molecular flexibility index (Phi) is 3.53. The summed E-state index contributed by atoms with van der Waals surface area (Å²) < 4.78 is 2.20. The number of rotatable bonds is 2. The fraction of sp³-hybridized carbons (Fsp3) is 0.364. The first-order chi connectivity index (χ1) is 7.90. The van der Waals surface area contributed by atoms with Crippen molar-refractivity contribution < 1.29 is 0 Å². The highest BCUT2D eigenvalue weighted by Crippen LogP contribution is 2.02. The Labute approximate surface area is 98.6 Å². The molecule has 0 unspecified atom stereocenters. The van der Waals surface area contributed by atoms with Gasteiger partial charge in [0.1, 0.15) is 11.6 Å². The van der Waals surface area contributed by atoms with Crippen LogP contribution < -0.4 is 11.2 Å². The summed E-state index contributed by atoms with van der Waals surface area (Å²) in [4.78, 5) is 25.2. The maximum atomic E-state index is 11.7. The summed E-state index contributed by atoms with van der Waals surface area (Å²) in [5.74, 6) is 0. The van der Waals surface area contributed by atoms with Crippen molar-refractivity contribution in [2.24, 2.45) is 14.1 Å². The van der Waals surface area contributed by atoms with Gasteiger partial charge in [0.25, 0.3) is 5.56 Å². The number of hydrogen-bond acceptors (Lipinski definition) is 4. The summed E-state index contributed by atoms with van der Waals surface area (Å²) in [6.07, 6.45) is 3.25. The predicted octanol–water partition coefficient (Wildman–Crippen LogP) is -0.512. The van der Waals surface area contributed by atoms with Gasteiger partial charge in [0, 0.05) is 34.4 Å². The molecule has 0 spiro atoms. The van der Waals surface area contributed by atoms with Gasteiger partial charge in [0.2, 0.25) is 0 Å². The zero-order chi connectivity index (χ0) is 13.2. The zero-order valence-electron chi connectivity index (χ0n) is 10.3. The molecule has 0 aliphatic carbocycles. The van der Waals surface area contributed by atoms with Gasteiger partial charge in [-0.25, -0.2) is 4.79 Å². The zero-order valence-corrected chi connectivity index (χ0v) is 10.3. The van der Waals surface area contributed by atoms with Crippen LogP contribution in [0.2, 0.25) is 0 Å². The molecule has 0 aliphatic heterocycles. The molecule has 0 amide bonds. The molecule has 0 bridgehead atoms. The van der Waals surface area contributed by atoms with Gasteiger partial charge in [-0.3, -0.25) is 13.9 Å². The van der Waals surface area contributed by atoms with Crippen LogP contribution in [0.15, 0.2) is 15.8 Å². The van der Waals surface area contributed by atoms with Gasteiger partial charge in [-0.1, -0.05) is 0 Å². The maximum Gasteiger partial charge on any atom is 0.330 e. The van der Waals surface area contributed by atoms with Crippen LogP contribution in [0.5, 0.6) is 0 Å². The Morgan fingerprint density at radius 1 is 1.24 bits per heavy atom. The van der Waals surface area contributed by atoms with E-state index in [-0.39, 0.29) is 5.56 Å². The molecule has 0 N–H and O–H groups in total. The van der Waals surface area contributed by atoms with E-state index < -0.39 is 11.2 Å². The molecule has 1 aromatic heterocycles. The first-order valence-corrected chi connectivity index (χ1v) is 4.95. The van der Waals surface area contributed by atoms with Crippen LogP contribution in [0.1, 0.15) is 11.3 Å². The molecule has 6 nitrogen and oxygen atoms in total. The van der Waals surface area contributed by atoms with Gasteiger partial charge in [-0.05, 0) is 6.08 Å². The van der Waals surface area contributed by atoms with Crippen LogP contribution in [-0.2, 0) is 14.1 Å². The third-order valence-corrected chi connectivity index (χ3v) is 2.35. The monoisotopic (exact) mass is 234 g/mol. The lowest BCUT2D eigenvalue weighted by Crippen LogP contribution is -2.39. The van der Waals surface area contributed by atoms with Crippen LogP contribution >= 0.6 is 0 Å². The molecule has 0 radical (unpaired) electrons. The van der Waals surface area contributed by atoms with E-state index in [0.717, 1.165) is 4.57 Å². The minimum atomic E-state index is -0.575. The molecule has 0 saturated carbocycles. The van der Waals surface area contributed by atoms with Gasteiger partial charge in [0.15, 0.2) is 0 Å². The molecule has 0 aliphatic rings. The number of nitrogens with zero attached hydrogens (tertiary/aromatic N) is 4. The molecular formula is C11H14N4O2. The molecule has 1 heterocycles. The van der Waals surface area contributed by atoms with Crippen molar-refractivity contribution in [2.45, 2.75) is 0 Å². The molecule has 1 rings (SSSR count). The molecule has 0 saturated heterocycles. The summed E-state index contributed by atoms with van der Waals surface area (Å²) in [6, 6.07) is 1.83. The second kappa shape index (κ2) is 4.70. The number of nitriles is 1. The molecule has 0 aromatic carbocycles. The minimum absolute atomic E-state index is 0.0345. The summed E-state index contributed by atoms with van der Waals surface area (Å²) in [6.45, 7) is 0. The average Bonchev–Trinajstić information content (AvgIpc) is 2.29. The molecule has 0 atom stereocenters. The van der Waals surface area contributed by atoms with Gasteiger partial charge >= 0.3 is 5.69 Å². The van der Waals surface area contributed by atoms with Crippen molar-refractivity contribution >= 4 is 6.08 Å². The van der Waals surface area contributed by atoms with Crippen molar-refractivity contribution in [3.05, 3.63) is 38.3 Å². The van der Waals surface area contributed by atoms with E-state index >= 15 is 0 Å². The lowest BCUT2D eigenvalue weighted by atomic mass is 10.2. The van der Waals surface area contributed by atoms with Crippen molar-refractivity contribution in [1.82, 2.24) is 14.0 Å². The highest BCUT2D eigenvalue weighted by molar-refractivity contribution is 5.53. The van der Waals surface area contributed by atoms with E-state index in [1.807, 2.05) is 20.2 Å². The predicted molar refractivity (Wildman–Crippen MR) is 64.4 cm³/mol. The fourth-order valence-corrected chi connectivity index (χ4v) is 1.38. The number of hydrogen-bond donors (Lipinski definition) is 0. The number of aromatic nitrogens is 2. The normalized spacial score (nSPS) is 10.5. The van der Waals surface area contributed by atoms with E-state index in [9.17, 15) is 9.59 Å². The first-order valence-electron chi connectivity index (χ1n) is 4.95. The lowest BCUT2D eigenvalue weighted by Gasteiger charge is -2.09. The van der Waals surface area contributed by atoms with Gasteiger partial charge in [-0.15, -0.1) is 0 Å².